The zero-order chi connectivity index (χ0) is 12.7. The van der Waals surface area contributed by atoms with Gasteiger partial charge in [-0.15, -0.1) is 0 Å². The molecule has 0 aromatic carbocycles. The van der Waals surface area contributed by atoms with Gasteiger partial charge in [-0.25, -0.2) is 0 Å². The summed E-state index contributed by atoms with van der Waals surface area (Å²) in [5.41, 5.74) is 0. The molecule has 2 unspecified atom stereocenters. The van der Waals surface area contributed by atoms with Gasteiger partial charge in [0.05, 0.1) is 6.61 Å². The molecule has 0 amide bonds. The van der Waals surface area contributed by atoms with Gasteiger partial charge in [0.15, 0.2) is 0 Å². The normalized spacial score (nSPS) is 23.5. The average Bonchev–Trinajstić information content (AvgIpc) is 2.33. The van der Waals surface area contributed by atoms with E-state index in [1.165, 1.54) is 12.8 Å². The second-order valence-corrected chi connectivity index (χ2v) is 4.83. The van der Waals surface area contributed by atoms with Gasteiger partial charge in [-0.1, -0.05) is 6.42 Å². The van der Waals surface area contributed by atoms with E-state index in [1.54, 1.807) is 0 Å². The summed E-state index contributed by atoms with van der Waals surface area (Å²) in [6.07, 6.45) is 4.63. The predicted molar refractivity (Wildman–Crippen MR) is 67.2 cm³/mol. The Balaban J connectivity index is 2.43. The van der Waals surface area contributed by atoms with E-state index < -0.39 is 5.97 Å². The van der Waals surface area contributed by atoms with Gasteiger partial charge in [-0.2, -0.15) is 0 Å². The van der Waals surface area contributed by atoms with E-state index in [1.807, 2.05) is 6.92 Å². The Kier molecular flexibility index (Phi) is 6.52. The molecule has 0 aromatic rings. The minimum Gasteiger partial charge on any atom is -0.481 e. The first-order valence-corrected chi connectivity index (χ1v) is 6.70. The summed E-state index contributed by atoms with van der Waals surface area (Å²) in [4.78, 5) is 13.1. The Morgan fingerprint density at radius 2 is 2.29 bits per heavy atom. The highest BCUT2D eigenvalue weighted by atomic mass is 16.5. The first-order chi connectivity index (χ1) is 8.15. The summed E-state index contributed by atoms with van der Waals surface area (Å²) in [5.74, 6) is -0.687. The van der Waals surface area contributed by atoms with Crippen LogP contribution < -0.4 is 0 Å². The molecule has 1 aliphatic rings. The maximum atomic E-state index is 10.6. The molecule has 0 aliphatic carbocycles. The molecule has 100 valence electrons. The zero-order valence-corrected chi connectivity index (χ0v) is 11.0. The lowest BCUT2D eigenvalue weighted by atomic mass is 9.96. The Morgan fingerprint density at radius 3 is 2.94 bits per heavy atom. The van der Waals surface area contributed by atoms with Crippen LogP contribution in [0.15, 0.2) is 0 Å². The third-order valence-corrected chi connectivity index (χ3v) is 3.49. The standard InChI is InChI=1S/C13H25NO3/c1-3-17-10-11(2)14-9-5-4-6-12(14)7-8-13(15)16/h11-12H,3-10H2,1-2H3,(H,15,16). The van der Waals surface area contributed by atoms with Crippen molar-refractivity contribution in [1.29, 1.82) is 0 Å². The Morgan fingerprint density at radius 1 is 1.53 bits per heavy atom. The smallest absolute Gasteiger partial charge is 0.303 e. The van der Waals surface area contributed by atoms with Crippen LogP contribution in [-0.2, 0) is 9.53 Å². The number of piperidine rings is 1. The number of hydrogen-bond donors (Lipinski definition) is 1. The van der Waals surface area contributed by atoms with Crippen LogP contribution >= 0.6 is 0 Å². The molecule has 0 radical (unpaired) electrons. The number of aliphatic carboxylic acids is 1. The number of carboxylic acid groups (broad SMARTS) is 1. The molecule has 1 N–H and O–H groups in total. The lowest BCUT2D eigenvalue weighted by molar-refractivity contribution is -0.137. The fourth-order valence-corrected chi connectivity index (χ4v) is 2.59. The molecule has 0 saturated carbocycles. The number of ether oxygens (including phenoxy) is 1. The van der Waals surface area contributed by atoms with Crippen LogP contribution in [0.25, 0.3) is 0 Å². The highest BCUT2D eigenvalue weighted by Crippen LogP contribution is 2.23. The maximum absolute atomic E-state index is 10.6. The molecule has 1 saturated heterocycles. The average molecular weight is 243 g/mol. The molecule has 17 heavy (non-hydrogen) atoms. The van der Waals surface area contributed by atoms with Crippen molar-refractivity contribution < 1.29 is 14.6 Å². The Hall–Kier alpha value is -0.610. The number of nitrogens with zero attached hydrogens (tertiary/aromatic N) is 1. The van der Waals surface area contributed by atoms with E-state index in [-0.39, 0.29) is 6.42 Å². The minimum absolute atomic E-state index is 0.280. The molecule has 0 bridgehead atoms. The van der Waals surface area contributed by atoms with Crippen molar-refractivity contribution in [1.82, 2.24) is 4.90 Å². The van der Waals surface area contributed by atoms with Gasteiger partial charge in [0.1, 0.15) is 0 Å². The molecule has 2 atom stereocenters. The number of carbonyl (C=O) groups is 1. The summed E-state index contributed by atoms with van der Waals surface area (Å²) < 4.78 is 5.46. The van der Waals surface area contributed by atoms with Crippen molar-refractivity contribution >= 4 is 5.97 Å². The summed E-state index contributed by atoms with van der Waals surface area (Å²) in [6, 6.07) is 0.823. The second-order valence-electron chi connectivity index (χ2n) is 4.83. The molecule has 1 aliphatic heterocycles. The molecule has 1 heterocycles. The molecule has 4 nitrogen and oxygen atoms in total. The lowest BCUT2D eigenvalue weighted by Gasteiger charge is -2.39. The van der Waals surface area contributed by atoms with Gasteiger partial charge in [0.25, 0.3) is 0 Å². The largest absolute Gasteiger partial charge is 0.481 e. The molecule has 4 heteroatoms. The SMILES string of the molecule is CCOCC(C)N1CCCCC1CCC(=O)O. The van der Waals surface area contributed by atoms with Crippen LogP contribution in [0.1, 0.15) is 46.0 Å². The number of rotatable bonds is 7. The fourth-order valence-electron chi connectivity index (χ4n) is 2.59. The van der Waals surface area contributed by atoms with E-state index in [4.69, 9.17) is 9.84 Å². The van der Waals surface area contributed by atoms with Crippen LogP contribution in [0.4, 0.5) is 0 Å². The second kappa shape index (κ2) is 7.67. The number of carboxylic acids is 1. The van der Waals surface area contributed by atoms with Gasteiger partial charge >= 0.3 is 5.97 Å². The predicted octanol–water partition coefficient (Wildman–Crippen LogP) is 2.13. The summed E-state index contributed by atoms with van der Waals surface area (Å²) in [5, 5.41) is 8.77. The highest BCUT2D eigenvalue weighted by molar-refractivity contribution is 5.66. The molecular weight excluding hydrogens is 218 g/mol. The van der Waals surface area contributed by atoms with Crippen LogP contribution in [-0.4, -0.2) is 47.8 Å². The first-order valence-electron chi connectivity index (χ1n) is 6.70. The van der Waals surface area contributed by atoms with Gasteiger partial charge in [-0.3, -0.25) is 9.69 Å². The third-order valence-electron chi connectivity index (χ3n) is 3.49. The maximum Gasteiger partial charge on any atom is 0.303 e. The summed E-state index contributed by atoms with van der Waals surface area (Å²) in [7, 11) is 0. The molecule has 0 aromatic heterocycles. The molecule has 1 fully saturated rings. The van der Waals surface area contributed by atoms with E-state index in [0.717, 1.165) is 32.6 Å². The van der Waals surface area contributed by atoms with Crippen molar-refractivity contribution in [3.63, 3.8) is 0 Å². The molecule has 0 spiro atoms. The van der Waals surface area contributed by atoms with Crippen molar-refractivity contribution in [2.45, 2.75) is 58.0 Å². The Labute approximate surface area is 104 Å². The monoisotopic (exact) mass is 243 g/mol. The quantitative estimate of drug-likeness (QED) is 0.744. The topological polar surface area (TPSA) is 49.8 Å². The van der Waals surface area contributed by atoms with Crippen molar-refractivity contribution in [2.75, 3.05) is 19.8 Å². The van der Waals surface area contributed by atoms with Crippen LogP contribution in [0, 0.1) is 0 Å². The van der Waals surface area contributed by atoms with Gasteiger partial charge in [0, 0.05) is 25.1 Å². The molecule has 1 rings (SSSR count). The third kappa shape index (κ3) is 5.04. The van der Waals surface area contributed by atoms with Gasteiger partial charge in [0.2, 0.25) is 0 Å². The summed E-state index contributed by atoms with van der Waals surface area (Å²) in [6.45, 7) is 6.76. The fraction of sp³-hybridized carbons (Fsp3) is 0.923. The van der Waals surface area contributed by atoms with E-state index in [2.05, 4.69) is 11.8 Å². The minimum atomic E-state index is -0.687. The van der Waals surface area contributed by atoms with Crippen molar-refractivity contribution in [3.8, 4) is 0 Å². The molecular formula is C13H25NO3. The van der Waals surface area contributed by atoms with Gasteiger partial charge < -0.3 is 9.84 Å². The lowest BCUT2D eigenvalue weighted by Crippen LogP contribution is -2.47. The van der Waals surface area contributed by atoms with Crippen molar-refractivity contribution in [3.05, 3.63) is 0 Å². The first kappa shape index (κ1) is 14.5. The van der Waals surface area contributed by atoms with E-state index in [9.17, 15) is 4.79 Å². The van der Waals surface area contributed by atoms with Crippen molar-refractivity contribution in [2.24, 2.45) is 0 Å². The summed E-state index contributed by atoms with van der Waals surface area (Å²) >= 11 is 0. The van der Waals surface area contributed by atoms with Crippen LogP contribution in [0.3, 0.4) is 0 Å². The zero-order valence-electron chi connectivity index (χ0n) is 11.0. The number of likely N-dealkylation sites (tertiary alicyclic amines) is 1. The van der Waals surface area contributed by atoms with E-state index in [0.29, 0.717) is 12.1 Å². The van der Waals surface area contributed by atoms with Gasteiger partial charge in [-0.05, 0) is 39.7 Å². The van der Waals surface area contributed by atoms with Crippen LogP contribution in [0.5, 0.6) is 0 Å². The Bertz CT molecular complexity index is 233. The van der Waals surface area contributed by atoms with E-state index >= 15 is 0 Å². The number of hydrogen-bond acceptors (Lipinski definition) is 3. The van der Waals surface area contributed by atoms with Crippen LogP contribution in [0.2, 0.25) is 0 Å². The highest BCUT2D eigenvalue weighted by Gasteiger charge is 2.26.